The Morgan fingerprint density at radius 2 is 2.38 bits per heavy atom. The molecular weight excluding hydrogens is 218 g/mol. The van der Waals surface area contributed by atoms with Gasteiger partial charge in [-0.15, -0.1) is 0 Å². The van der Waals surface area contributed by atoms with Crippen LogP contribution < -0.4 is 5.32 Å². The van der Waals surface area contributed by atoms with Gasteiger partial charge in [-0.25, -0.2) is 8.78 Å². The fourth-order valence-corrected chi connectivity index (χ4v) is 1.74. The Bertz CT molecular complexity index is 227. The Balaban J connectivity index is 2.24. The van der Waals surface area contributed by atoms with E-state index in [1.54, 1.807) is 4.90 Å². The minimum Gasteiger partial charge on any atom is -0.374 e. The number of hydrogen-bond donors (Lipinski definition) is 1. The van der Waals surface area contributed by atoms with E-state index in [4.69, 9.17) is 4.74 Å². The molecule has 0 bridgehead atoms. The highest BCUT2D eigenvalue weighted by Gasteiger charge is 2.28. The first-order valence-electron chi connectivity index (χ1n) is 5.54. The standard InChI is InChI=1S/C10H18F2N2O2/c1-2-3-9-13-6-10(15)14(9)4-5-16-7-8(11)12/h8-9,13H,2-7H2,1H3. The molecular formula is C10H18F2N2O2. The van der Waals surface area contributed by atoms with Gasteiger partial charge in [0.2, 0.25) is 5.91 Å². The van der Waals surface area contributed by atoms with Gasteiger partial charge in [-0.05, 0) is 6.42 Å². The minimum absolute atomic E-state index is 0.0131. The van der Waals surface area contributed by atoms with Gasteiger partial charge >= 0.3 is 0 Å². The van der Waals surface area contributed by atoms with Gasteiger partial charge in [0.1, 0.15) is 6.61 Å². The summed E-state index contributed by atoms with van der Waals surface area (Å²) in [7, 11) is 0. The normalized spacial score (nSPS) is 21.1. The van der Waals surface area contributed by atoms with Gasteiger partial charge in [-0.1, -0.05) is 13.3 Å². The molecule has 0 saturated carbocycles. The number of rotatable bonds is 7. The minimum atomic E-state index is -2.45. The first kappa shape index (κ1) is 13.3. The van der Waals surface area contributed by atoms with E-state index in [2.05, 4.69) is 5.32 Å². The molecule has 0 aromatic carbocycles. The van der Waals surface area contributed by atoms with Crippen molar-refractivity contribution in [1.29, 1.82) is 0 Å². The fraction of sp³-hybridized carbons (Fsp3) is 0.900. The van der Waals surface area contributed by atoms with Crippen molar-refractivity contribution in [1.82, 2.24) is 10.2 Å². The lowest BCUT2D eigenvalue weighted by atomic mass is 10.2. The number of alkyl halides is 2. The summed E-state index contributed by atoms with van der Waals surface area (Å²) in [5, 5.41) is 3.08. The first-order chi connectivity index (χ1) is 7.65. The van der Waals surface area contributed by atoms with Crippen LogP contribution in [0.15, 0.2) is 0 Å². The molecule has 0 spiro atoms. The summed E-state index contributed by atoms with van der Waals surface area (Å²) in [6.07, 6.45) is -0.564. The smallest absolute Gasteiger partial charge is 0.261 e. The van der Waals surface area contributed by atoms with E-state index in [9.17, 15) is 13.6 Å². The summed E-state index contributed by atoms with van der Waals surface area (Å²) < 4.78 is 28.3. The van der Waals surface area contributed by atoms with Crippen LogP contribution in [0.4, 0.5) is 8.78 Å². The van der Waals surface area contributed by atoms with Gasteiger partial charge in [0.05, 0.1) is 19.3 Å². The van der Waals surface area contributed by atoms with E-state index in [1.165, 1.54) is 0 Å². The molecule has 1 aliphatic rings. The van der Waals surface area contributed by atoms with E-state index in [-0.39, 0.29) is 18.7 Å². The van der Waals surface area contributed by atoms with Gasteiger partial charge in [-0.3, -0.25) is 10.1 Å². The molecule has 4 nitrogen and oxygen atoms in total. The molecule has 6 heteroatoms. The highest BCUT2D eigenvalue weighted by atomic mass is 19.3. The molecule has 1 atom stereocenters. The van der Waals surface area contributed by atoms with Crippen LogP contribution in [0.1, 0.15) is 19.8 Å². The van der Waals surface area contributed by atoms with Crippen LogP contribution in [0.2, 0.25) is 0 Å². The maximum atomic E-state index is 11.8. The number of amides is 1. The highest BCUT2D eigenvalue weighted by Crippen LogP contribution is 2.10. The van der Waals surface area contributed by atoms with Crippen LogP contribution in [-0.2, 0) is 9.53 Å². The van der Waals surface area contributed by atoms with Gasteiger partial charge in [0.25, 0.3) is 6.43 Å². The highest BCUT2D eigenvalue weighted by molar-refractivity contribution is 5.80. The first-order valence-corrected chi connectivity index (χ1v) is 5.54. The second kappa shape index (κ2) is 6.75. The van der Waals surface area contributed by atoms with Gasteiger partial charge in [0.15, 0.2) is 0 Å². The summed E-state index contributed by atoms with van der Waals surface area (Å²) >= 11 is 0. The Kier molecular flexibility index (Phi) is 5.62. The average molecular weight is 236 g/mol. The second-order valence-corrected chi connectivity index (χ2v) is 3.74. The molecule has 1 rings (SSSR count). The average Bonchev–Trinajstić information content (AvgIpc) is 2.56. The van der Waals surface area contributed by atoms with Crippen molar-refractivity contribution in [3.8, 4) is 0 Å². The van der Waals surface area contributed by atoms with Gasteiger partial charge in [-0.2, -0.15) is 0 Å². The van der Waals surface area contributed by atoms with E-state index in [1.807, 2.05) is 6.92 Å². The van der Waals surface area contributed by atoms with Gasteiger partial charge in [0, 0.05) is 6.54 Å². The maximum Gasteiger partial charge on any atom is 0.261 e. The molecule has 1 saturated heterocycles. The van der Waals surface area contributed by atoms with Crippen LogP contribution in [0.5, 0.6) is 0 Å². The SMILES string of the molecule is CCCC1NCC(=O)N1CCOCC(F)F. The van der Waals surface area contributed by atoms with Gasteiger partial charge < -0.3 is 9.64 Å². The molecule has 1 heterocycles. The summed E-state index contributed by atoms with van der Waals surface area (Å²) in [6, 6.07) is 0. The third-order valence-electron chi connectivity index (χ3n) is 2.47. The van der Waals surface area contributed by atoms with E-state index in [0.717, 1.165) is 12.8 Å². The molecule has 1 unspecified atom stereocenters. The molecule has 94 valence electrons. The molecule has 16 heavy (non-hydrogen) atoms. The zero-order valence-corrected chi connectivity index (χ0v) is 9.42. The maximum absolute atomic E-state index is 11.8. The van der Waals surface area contributed by atoms with Crippen molar-refractivity contribution in [2.24, 2.45) is 0 Å². The van der Waals surface area contributed by atoms with E-state index < -0.39 is 13.0 Å². The third-order valence-corrected chi connectivity index (χ3v) is 2.47. The predicted octanol–water partition coefficient (Wildman–Crippen LogP) is 0.826. The summed E-state index contributed by atoms with van der Waals surface area (Å²) in [4.78, 5) is 13.1. The Morgan fingerprint density at radius 3 is 3.00 bits per heavy atom. The summed E-state index contributed by atoms with van der Waals surface area (Å²) in [5.41, 5.74) is 0. The lowest BCUT2D eigenvalue weighted by molar-refractivity contribution is -0.129. The summed E-state index contributed by atoms with van der Waals surface area (Å²) in [6.45, 7) is 2.35. The largest absolute Gasteiger partial charge is 0.374 e. The number of carbonyl (C=O) groups is 1. The van der Waals surface area contributed by atoms with Crippen molar-refractivity contribution >= 4 is 5.91 Å². The van der Waals surface area contributed by atoms with Crippen LogP contribution >= 0.6 is 0 Å². The Hall–Kier alpha value is -0.750. The predicted molar refractivity (Wildman–Crippen MR) is 55.2 cm³/mol. The monoisotopic (exact) mass is 236 g/mol. The number of ether oxygens (including phenoxy) is 1. The van der Waals surface area contributed by atoms with Crippen molar-refractivity contribution < 1.29 is 18.3 Å². The van der Waals surface area contributed by atoms with Crippen molar-refractivity contribution in [3.05, 3.63) is 0 Å². The fourth-order valence-electron chi connectivity index (χ4n) is 1.74. The lowest BCUT2D eigenvalue weighted by Crippen LogP contribution is -2.39. The van der Waals surface area contributed by atoms with Crippen molar-refractivity contribution in [2.45, 2.75) is 32.4 Å². The summed E-state index contributed by atoms with van der Waals surface area (Å²) in [5.74, 6) is 0.0131. The zero-order chi connectivity index (χ0) is 12.0. The molecule has 0 aromatic rings. The molecule has 0 radical (unpaired) electrons. The van der Waals surface area contributed by atoms with Crippen LogP contribution in [0, 0.1) is 0 Å². The van der Waals surface area contributed by atoms with E-state index >= 15 is 0 Å². The number of hydrogen-bond acceptors (Lipinski definition) is 3. The van der Waals surface area contributed by atoms with Crippen molar-refractivity contribution in [2.75, 3.05) is 26.3 Å². The number of carbonyl (C=O) groups excluding carboxylic acids is 1. The molecule has 1 fully saturated rings. The number of nitrogens with zero attached hydrogens (tertiary/aromatic N) is 1. The number of nitrogens with one attached hydrogen (secondary N) is 1. The molecule has 0 aromatic heterocycles. The van der Waals surface area contributed by atoms with Crippen LogP contribution in [-0.4, -0.2) is 49.7 Å². The van der Waals surface area contributed by atoms with Crippen LogP contribution in [0.25, 0.3) is 0 Å². The Labute approximate surface area is 93.9 Å². The third kappa shape index (κ3) is 4.02. The second-order valence-electron chi connectivity index (χ2n) is 3.74. The Morgan fingerprint density at radius 1 is 1.62 bits per heavy atom. The molecule has 0 aliphatic carbocycles. The van der Waals surface area contributed by atoms with Crippen LogP contribution in [0.3, 0.4) is 0 Å². The molecule has 1 amide bonds. The molecule has 1 N–H and O–H groups in total. The zero-order valence-electron chi connectivity index (χ0n) is 9.42. The quantitative estimate of drug-likeness (QED) is 0.666. The molecule has 1 aliphatic heterocycles. The van der Waals surface area contributed by atoms with Crippen molar-refractivity contribution in [3.63, 3.8) is 0 Å². The number of halogens is 2. The van der Waals surface area contributed by atoms with E-state index in [0.29, 0.717) is 13.1 Å². The topological polar surface area (TPSA) is 41.6 Å². The lowest BCUT2D eigenvalue weighted by Gasteiger charge is -2.23.